The Kier molecular flexibility index (Phi) is 7.34. The van der Waals surface area contributed by atoms with Crippen molar-refractivity contribution in [2.24, 2.45) is 0 Å². The predicted molar refractivity (Wildman–Crippen MR) is 99.7 cm³/mol. The number of benzene rings is 2. The number of carbonyl (C=O) groups is 2. The lowest BCUT2D eigenvalue weighted by atomic mass is 10.0. The van der Waals surface area contributed by atoms with Crippen molar-refractivity contribution in [3.8, 4) is 0 Å². The Balaban J connectivity index is 1.89. The zero-order valence-electron chi connectivity index (χ0n) is 15.8. The smallest absolute Gasteiger partial charge is 0.341 e. The summed E-state index contributed by atoms with van der Waals surface area (Å²) in [5.74, 6) is -0.405. The van der Waals surface area contributed by atoms with Gasteiger partial charge >= 0.3 is 6.18 Å². The van der Waals surface area contributed by atoms with E-state index in [1.807, 2.05) is 30.3 Å². The molecule has 0 heterocycles. The Labute approximate surface area is 162 Å². The second kappa shape index (κ2) is 9.50. The summed E-state index contributed by atoms with van der Waals surface area (Å²) in [7, 11) is 1.78. The van der Waals surface area contributed by atoms with E-state index < -0.39 is 17.8 Å². The van der Waals surface area contributed by atoms with Gasteiger partial charge in [0.25, 0.3) is 5.91 Å². The summed E-state index contributed by atoms with van der Waals surface area (Å²) in [6.45, 7) is 1.95. The van der Waals surface area contributed by atoms with E-state index in [1.165, 1.54) is 19.1 Å². The average Bonchev–Trinajstić information content (AvgIpc) is 2.61. The summed E-state index contributed by atoms with van der Waals surface area (Å²) in [5.41, 5.74) is 0.955. The molecule has 0 aromatic heterocycles. The van der Waals surface area contributed by atoms with Crippen molar-refractivity contribution in [1.29, 1.82) is 0 Å². The summed E-state index contributed by atoms with van der Waals surface area (Å²) in [5, 5.41) is 2.75. The molecule has 2 aromatic carbocycles. The first-order valence-corrected chi connectivity index (χ1v) is 8.96. The van der Waals surface area contributed by atoms with Gasteiger partial charge in [-0.2, -0.15) is 13.2 Å². The van der Waals surface area contributed by atoms with Gasteiger partial charge in [-0.25, -0.2) is 0 Å². The summed E-state index contributed by atoms with van der Waals surface area (Å²) < 4.78 is 37.8. The summed E-state index contributed by atoms with van der Waals surface area (Å²) >= 11 is 0. The van der Waals surface area contributed by atoms with Crippen molar-refractivity contribution in [1.82, 2.24) is 5.32 Å². The molecule has 1 amide bonds. The number of hydrogen-bond donors (Lipinski definition) is 2. The maximum atomic E-state index is 12.6. The van der Waals surface area contributed by atoms with Crippen LogP contribution in [0.3, 0.4) is 0 Å². The van der Waals surface area contributed by atoms with Crippen LogP contribution in [-0.2, 0) is 28.7 Å². The molecule has 0 aliphatic carbocycles. The van der Waals surface area contributed by atoms with Crippen molar-refractivity contribution in [2.45, 2.75) is 32.1 Å². The number of ketones is 1. The van der Waals surface area contributed by atoms with Gasteiger partial charge in [0.15, 0.2) is 12.3 Å². The molecular formula is C21H24F3N2O2+. The molecule has 0 aliphatic rings. The van der Waals surface area contributed by atoms with E-state index in [4.69, 9.17) is 0 Å². The van der Waals surface area contributed by atoms with Crippen LogP contribution in [-0.4, -0.2) is 31.3 Å². The Morgan fingerprint density at radius 1 is 1.00 bits per heavy atom. The fraction of sp³-hybridized carbons (Fsp3) is 0.333. The van der Waals surface area contributed by atoms with Gasteiger partial charge in [-0.3, -0.25) is 9.59 Å². The molecule has 0 aliphatic heterocycles. The molecule has 2 aromatic rings. The first-order chi connectivity index (χ1) is 13.1. The summed E-state index contributed by atoms with van der Waals surface area (Å²) in [6.07, 6.45) is -3.95. The molecule has 4 nitrogen and oxygen atoms in total. The minimum absolute atomic E-state index is 0.111. The minimum Gasteiger partial charge on any atom is -0.341 e. The maximum Gasteiger partial charge on any atom is 0.416 e. The lowest BCUT2D eigenvalue weighted by molar-refractivity contribution is -0.885. The monoisotopic (exact) mass is 393 g/mol. The van der Waals surface area contributed by atoms with E-state index >= 15 is 0 Å². The van der Waals surface area contributed by atoms with Gasteiger partial charge in [0.1, 0.15) is 6.54 Å². The molecule has 0 spiro atoms. The lowest BCUT2D eigenvalue weighted by Crippen LogP contribution is -3.09. The van der Waals surface area contributed by atoms with Gasteiger partial charge in [-0.15, -0.1) is 0 Å². The Bertz CT molecular complexity index is 790. The third-order valence-electron chi connectivity index (χ3n) is 4.36. The number of rotatable bonds is 8. The molecule has 150 valence electrons. The van der Waals surface area contributed by atoms with Gasteiger partial charge in [-0.1, -0.05) is 42.5 Å². The summed E-state index contributed by atoms with van der Waals surface area (Å²) in [4.78, 5) is 25.0. The van der Waals surface area contributed by atoms with Crippen LogP contribution in [0, 0.1) is 0 Å². The van der Waals surface area contributed by atoms with Crippen LogP contribution in [0.25, 0.3) is 0 Å². The number of alkyl halides is 3. The van der Waals surface area contributed by atoms with Crippen LogP contribution in [0.2, 0.25) is 0 Å². The van der Waals surface area contributed by atoms with E-state index in [2.05, 4.69) is 5.32 Å². The van der Waals surface area contributed by atoms with Crippen LogP contribution >= 0.6 is 0 Å². The average molecular weight is 393 g/mol. The highest BCUT2D eigenvalue weighted by Crippen LogP contribution is 2.28. The van der Waals surface area contributed by atoms with Crippen molar-refractivity contribution >= 4 is 11.7 Å². The number of Topliss-reactive ketones (excluding diaryl/α,β-unsaturated/α-hetero) is 1. The van der Waals surface area contributed by atoms with Gasteiger partial charge in [-0.05, 0) is 31.0 Å². The third kappa shape index (κ3) is 6.81. The molecule has 0 saturated heterocycles. The molecule has 1 unspecified atom stereocenters. The van der Waals surface area contributed by atoms with Crippen LogP contribution in [0.5, 0.6) is 0 Å². The largest absolute Gasteiger partial charge is 0.416 e. The second-order valence-corrected chi connectivity index (χ2v) is 6.93. The topological polar surface area (TPSA) is 50.6 Å². The van der Waals surface area contributed by atoms with Gasteiger partial charge in [0, 0.05) is 5.56 Å². The number of quaternary nitrogens is 1. The number of halogens is 3. The first kappa shape index (κ1) is 21.6. The lowest BCUT2D eigenvalue weighted by Gasteiger charge is -2.18. The second-order valence-electron chi connectivity index (χ2n) is 6.93. The maximum absolute atomic E-state index is 12.6. The van der Waals surface area contributed by atoms with Gasteiger partial charge in [0.05, 0.1) is 18.7 Å². The molecule has 0 bridgehead atoms. The molecule has 2 rings (SSSR count). The third-order valence-corrected chi connectivity index (χ3v) is 4.36. The first-order valence-electron chi connectivity index (χ1n) is 8.96. The van der Waals surface area contributed by atoms with E-state index in [9.17, 15) is 22.8 Å². The Morgan fingerprint density at radius 3 is 2.14 bits per heavy atom. The molecular weight excluding hydrogens is 369 g/mol. The van der Waals surface area contributed by atoms with Crippen LogP contribution in [0.15, 0.2) is 54.6 Å². The standard InChI is InChI=1S/C21H23F3N2O2/c1-15(27)19(12-16-6-4-3-5-7-16)25-20(28)14-26(2)13-17-8-10-18(11-9-17)21(22,23)24/h3-11,19H,12-14H2,1-2H3,(H,25,28)/p+1/t19-/m1/s1. The van der Waals surface area contributed by atoms with Crippen LogP contribution in [0.4, 0.5) is 13.2 Å². The van der Waals surface area contributed by atoms with E-state index in [0.29, 0.717) is 18.5 Å². The van der Waals surface area contributed by atoms with E-state index in [-0.39, 0.29) is 18.2 Å². The molecule has 0 radical (unpaired) electrons. The highest BCUT2D eigenvalue weighted by atomic mass is 19.4. The van der Waals surface area contributed by atoms with Crippen LogP contribution in [0.1, 0.15) is 23.6 Å². The number of likely N-dealkylation sites (N-methyl/N-ethyl adjacent to an activating group) is 1. The van der Waals surface area contributed by atoms with E-state index in [1.54, 1.807) is 7.05 Å². The molecule has 7 heteroatoms. The minimum atomic E-state index is -4.36. The molecule has 28 heavy (non-hydrogen) atoms. The SMILES string of the molecule is CC(=O)[C@@H](Cc1ccccc1)NC(=O)C[NH+](C)Cc1ccc(C(F)(F)F)cc1. The van der Waals surface area contributed by atoms with Gasteiger partial charge < -0.3 is 10.2 Å². The van der Waals surface area contributed by atoms with Crippen molar-refractivity contribution in [3.63, 3.8) is 0 Å². The zero-order chi connectivity index (χ0) is 20.7. The quantitative estimate of drug-likeness (QED) is 0.721. The fourth-order valence-electron chi connectivity index (χ4n) is 2.89. The normalized spacial score (nSPS) is 13.6. The Hall–Kier alpha value is -2.67. The van der Waals surface area contributed by atoms with Gasteiger partial charge in [0.2, 0.25) is 0 Å². The van der Waals surface area contributed by atoms with E-state index in [0.717, 1.165) is 22.6 Å². The van der Waals surface area contributed by atoms with Crippen molar-refractivity contribution in [2.75, 3.05) is 13.6 Å². The highest BCUT2D eigenvalue weighted by molar-refractivity contribution is 5.88. The number of amides is 1. The fourth-order valence-corrected chi connectivity index (χ4v) is 2.89. The number of hydrogen-bond acceptors (Lipinski definition) is 2. The molecule has 0 saturated carbocycles. The Morgan fingerprint density at radius 2 is 1.61 bits per heavy atom. The van der Waals surface area contributed by atoms with Crippen molar-refractivity contribution in [3.05, 3.63) is 71.3 Å². The zero-order valence-corrected chi connectivity index (χ0v) is 15.8. The number of carbonyl (C=O) groups excluding carboxylic acids is 2. The molecule has 0 fully saturated rings. The van der Waals surface area contributed by atoms with Crippen molar-refractivity contribution < 1.29 is 27.7 Å². The molecule has 2 N–H and O–H groups in total. The number of nitrogens with one attached hydrogen (secondary N) is 2. The summed E-state index contributed by atoms with van der Waals surface area (Å²) in [6, 6.07) is 13.7. The molecule has 2 atom stereocenters. The van der Waals surface area contributed by atoms with Crippen LogP contribution < -0.4 is 10.2 Å². The predicted octanol–water partition coefficient (Wildman–Crippen LogP) is 2.04. The highest BCUT2D eigenvalue weighted by Gasteiger charge is 2.30.